The number of nitrogens with one attached hydrogen (secondary N) is 1. The third kappa shape index (κ3) is 3.07. The summed E-state index contributed by atoms with van der Waals surface area (Å²) in [6.45, 7) is 4.18. The van der Waals surface area contributed by atoms with Crippen LogP contribution < -0.4 is 5.32 Å². The first-order valence-electron chi connectivity index (χ1n) is 7.75. The molecule has 0 aromatic heterocycles. The number of amides is 1. The van der Waals surface area contributed by atoms with Crippen molar-refractivity contribution in [1.29, 1.82) is 0 Å². The van der Waals surface area contributed by atoms with Crippen molar-refractivity contribution in [2.45, 2.75) is 32.7 Å². The lowest BCUT2D eigenvalue weighted by molar-refractivity contribution is 0.161. The summed E-state index contributed by atoms with van der Waals surface area (Å²) in [5, 5.41) is 11.8. The fourth-order valence-corrected chi connectivity index (χ4v) is 3.34. The molecule has 23 heavy (non-hydrogen) atoms. The lowest BCUT2D eigenvalue weighted by Gasteiger charge is -2.40. The van der Waals surface area contributed by atoms with Crippen molar-refractivity contribution in [3.63, 3.8) is 0 Å². The minimum Gasteiger partial charge on any atom is -0.465 e. The summed E-state index contributed by atoms with van der Waals surface area (Å²) in [7, 11) is 0. The van der Waals surface area contributed by atoms with E-state index in [-0.39, 0.29) is 17.3 Å². The Morgan fingerprint density at radius 1 is 1.17 bits per heavy atom. The van der Waals surface area contributed by atoms with Gasteiger partial charge in [0.25, 0.3) is 0 Å². The van der Waals surface area contributed by atoms with E-state index < -0.39 is 6.09 Å². The third-order valence-electron chi connectivity index (χ3n) is 4.72. The molecule has 1 aliphatic rings. The lowest BCUT2D eigenvalue weighted by atomic mass is 9.70. The van der Waals surface area contributed by atoms with Crippen LogP contribution in [0.5, 0.6) is 0 Å². The number of rotatable bonds is 2. The maximum atomic E-state index is 13.1. The van der Waals surface area contributed by atoms with Crippen molar-refractivity contribution < 1.29 is 14.3 Å². The number of fused-ring (bicyclic) bond motifs is 1. The Kier molecular flexibility index (Phi) is 3.84. The van der Waals surface area contributed by atoms with Crippen LogP contribution in [0.4, 0.5) is 9.18 Å². The van der Waals surface area contributed by atoms with Crippen LogP contribution in [0.1, 0.15) is 37.4 Å². The smallest absolute Gasteiger partial charge is 0.405 e. The summed E-state index contributed by atoms with van der Waals surface area (Å²) < 4.78 is 13.1. The molecule has 0 radical (unpaired) electrons. The minimum atomic E-state index is -1.00. The Morgan fingerprint density at radius 2 is 1.83 bits per heavy atom. The van der Waals surface area contributed by atoms with Crippen LogP contribution >= 0.6 is 0 Å². The predicted octanol–water partition coefficient (Wildman–Crippen LogP) is 4.77. The highest BCUT2D eigenvalue weighted by molar-refractivity contribution is 5.68. The van der Waals surface area contributed by atoms with Gasteiger partial charge in [0.05, 0.1) is 6.04 Å². The summed E-state index contributed by atoms with van der Waals surface area (Å²) in [4.78, 5) is 11.1. The third-order valence-corrected chi connectivity index (χ3v) is 4.72. The SMILES string of the molecule is CC1(C)CCc2cc(-c3ccc(F)cc3)ccc2C1NC(=O)O. The van der Waals surface area contributed by atoms with Gasteiger partial charge in [0.15, 0.2) is 0 Å². The van der Waals surface area contributed by atoms with Crippen LogP contribution in [0, 0.1) is 11.2 Å². The van der Waals surface area contributed by atoms with E-state index in [1.807, 2.05) is 12.1 Å². The summed E-state index contributed by atoms with van der Waals surface area (Å²) in [6.07, 6.45) is 0.825. The van der Waals surface area contributed by atoms with E-state index in [1.165, 1.54) is 12.1 Å². The number of hydrogen-bond donors (Lipinski definition) is 2. The zero-order valence-electron chi connectivity index (χ0n) is 13.3. The molecule has 4 heteroatoms. The Labute approximate surface area is 135 Å². The summed E-state index contributed by atoms with van der Waals surface area (Å²) in [5.41, 5.74) is 4.06. The number of hydrogen-bond acceptors (Lipinski definition) is 1. The number of aryl methyl sites for hydroxylation is 1. The van der Waals surface area contributed by atoms with Gasteiger partial charge in [0.2, 0.25) is 0 Å². The zero-order valence-corrected chi connectivity index (χ0v) is 13.3. The second-order valence-corrected chi connectivity index (χ2v) is 6.79. The molecule has 0 aliphatic heterocycles. The van der Waals surface area contributed by atoms with E-state index in [2.05, 4.69) is 25.2 Å². The van der Waals surface area contributed by atoms with Crippen molar-refractivity contribution >= 4 is 6.09 Å². The monoisotopic (exact) mass is 313 g/mol. The number of benzene rings is 2. The van der Waals surface area contributed by atoms with Crippen molar-refractivity contribution in [3.05, 3.63) is 59.4 Å². The predicted molar refractivity (Wildman–Crippen MR) is 87.8 cm³/mol. The van der Waals surface area contributed by atoms with Crippen molar-refractivity contribution in [3.8, 4) is 11.1 Å². The molecule has 0 saturated heterocycles. The van der Waals surface area contributed by atoms with Crippen LogP contribution in [0.3, 0.4) is 0 Å². The van der Waals surface area contributed by atoms with Crippen LogP contribution in [-0.2, 0) is 6.42 Å². The van der Waals surface area contributed by atoms with Gasteiger partial charge in [-0.3, -0.25) is 0 Å². The second-order valence-electron chi connectivity index (χ2n) is 6.79. The van der Waals surface area contributed by atoms with Crippen LogP contribution in [0.25, 0.3) is 11.1 Å². The molecular formula is C19H20FNO2. The molecule has 0 bridgehead atoms. The summed E-state index contributed by atoms with van der Waals surface area (Å²) >= 11 is 0. The largest absolute Gasteiger partial charge is 0.465 e. The Balaban J connectivity index is 2.00. The number of halogens is 1. The van der Waals surface area contributed by atoms with Crippen molar-refractivity contribution in [2.75, 3.05) is 0 Å². The van der Waals surface area contributed by atoms with Crippen LogP contribution in [0.15, 0.2) is 42.5 Å². The molecule has 2 aromatic rings. The molecular weight excluding hydrogens is 293 g/mol. The summed E-state index contributed by atoms with van der Waals surface area (Å²) in [5.74, 6) is -0.251. The maximum absolute atomic E-state index is 13.1. The fraction of sp³-hybridized carbons (Fsp3) is 0.316. The molecule has 2 N–H and O–H groups in total. The highest BCUT2D eigenvalue weighted by atomic mass is 19.1. The standard InChI is InChI=1S/C19H20FNO2/c1-19(2)10-9-14-11-13(12-3-6-15(20)7-4-12)5-8-16(14)17(19)21-18(22)23/h3-8,11,17,21H,9-10H2,1-2H3,(H,22,23). The van der Waals surface area contributed by atoms with Gasteiger partial charge in [-0.2, -0.15) is 0 Å². The minimum absolute atomic E-state index is 0.122. The molecule has 3 nitrogen and oxygen atoms in total. The van der Waals surface area contributed by atoms with E-state index in [1.54, 1.807) is 12.1 Å². The Morgan fingerprint density at radius 3 is 2.48 bits per heavy atom. The van der Waals surface area contributed by atoms with Gasteiger partial charge in [0.1, 0.15) is 5.82 Å². The molecule has 3 rings (SSSR count). The van der Waals surface area contributed by atoms with Gasteiger partial charge in [0, 0.05) is 0 Å². The Bertz CT molecular complexity index is 738. The molecule has 0 fully saturated rings. The van der Waals surface area contributed by atoms with Gasteiger partial charge in [-0.1, -0.05) is 44.2 Å². The van der Waals surface area contributed by atoms with Crippen molar-refractivity contribution in [1.82, 2.24) is 5.32 Å². The molecule has 2 aromatic carbocycles. The van der Waals surface area contributed by atoms with Gasteiger partial charge in [-0.25, -0.2) is 9.18 Å². The molecule has 1 atom stereocenters. The van der Waals surface area contributed by atoms with Gasteiger partial charge in [-0.05, 0) is 52.6 Å². The molecule has 0 spiro atoms. The molecule has 0 heterocycles. The maximum Gasteiger partial charge on any atom is 0.405 e. The molecule has 1 aliphatic carbocycles. The zero-order chi connectivity index (χ0) is 16.6. The molecule has 1 amide bonds. The number of carbonyl (C=O) groups is 1. The first kappa shape index (κ1) is 15.5. The topological polar surface area (TPSA) is 49.3 Å². The average Bonchev–Trinajstić information content (AvgIpc) is 2.50. The average molecular weight is 313 g/mol. The molecule has 120 valence electrons. The molecule has 0 saturated carbocycles. The van der Waals surface area contributed by atoms with E-state index in [0.29, 0.717) is 0 Å². The first-order valence-corrected chi connectivity index (χ1v) is 7.75. The first-order chi connectivity index (χ1) is 10.9. The van der Waals surface area contributed by atoms with Gasteiger partial charge in [-0.15, -0.1) is 0 Å². The Hall–Kier alpha value is -2.36. The van der Waals surface area contributed by atoms with E-state index in [9.17, 15) is 9.18 Å². The van der Waals surface area contributed by atoms with Gasteiger partial charge < -0.3 is 10.4 Å². The van der Waals surface area contributed by atoms with Crippen LogP contribution in [-0.4, -0.2) is 11.2 Å². The lowest BCUT2D eigenvalue weighted by Crippen LogP contribution is -2.40. The number of carboxylic acid groups (broad SMARTS) is 1. The van der Waals surface area contributed by atoms with Crippen LogP contribution in [0.2, 0.25) is 0 Å². The highest BCUT2D eigenvalue weighted by Crippen LogP contribution is 2.44. The quantitative estimate of drug-likeness (QED) is 0.838. The second kappa shape index (κ2) is 5.69. The van der Waals surface area contributed by atoms with E-state index >= 15 is 0 Å². The molecule has 1 unspecified atom stereocenters. The summed E-state index contributed by atoms with van der Waals surface area (Å²) in [6, 6.07) is 12.3. The normalized spacial score (nSPS) is 19.0. The highest BCUT2D eigenvalue weighted by Gasteiger charge is 2.36. The van der Waals surface area contributed by atoms with E-state index in [0.717, 1.165) is 35.1 Å². The van der Waals surface area contributed by atoms with Crippen molar-refractivity contribution in [2.24, 2.45) is 5.41 Å². The van der Waals surface area contributed by atoms with Gasteiger partial charge >= 0.3 is 6.09 Å². The van der Waals surface area contributed by atoms with E-state index in [4.69, 9.17) is 5.11 Å². The fourth-order valence-electron chi connectivity index (χ4n) is 3.34.